The molecule has 10 nitrogen and oxygen atoms in total. The lowest BCUT2D eigenvalue weighted by molar-refractivity contribution is -0.127. The van der Waals surface area contributed by atoms with Crippen molar-refractivity contribution in [1.29, 1.82) is 4.78 Å². The molecule has 2 amide bonds. The lowest BCUT2D eigenvalue weighted by Crippen LogP contribution is -2.51. The van der Waals surface area contributed by atoms with Gasteiger partial charge in [0.15, 0.2) is 5.82 Å². The minimum Gasteiger partial charge on any atom is -0.481 e. The Kier molecular flexibility index (Phi) is 6.28. The number of hydrogen-bond acceptors (Lipinski definition) is 7. The molecule has 4 heterocycles. The molecule has 3 atom stereocenters. The van der Waals surface area contributed by atoms with E-state index in [1.54, 1.807) is 0 Å². The number of methoxy groups -OCH3 is 1. The smallest absolute Gasteiger partial charge is 0.272 e. The molecule has 3 aliphatic rings. The highest BCUT2D eigenvalue weighted by Gasteiger charge is 2.55. The fourth-order valence-electron chi connectivity index (χ4n) is 5.70. The maximum absolute atomic E-state index is 14.3. The predicted molar refractivity (Wildman–Crippen MR) is 135 cm³/mol. The number of nitrogens with zero attached hydrogens (tertiary/aromatic N) is 3. The molecule has 0 unspecified atom stereocenters. The van der Waals surface area contributed by atoms with Crippen LogP contribution in [0.2, 0.25) is 0 Å². The van der Waals surface area contributed by atoms with Gasteiger partial charge in [-0.15, -0.1) is 0 Å². The zero-order valence-corrected chi connectivity index (χ0v) is 22.1. The van der Waals surface area contributed by atoms with E-state index in [1.807, 2.05) is 18.7 Å². The summed E-state index contributed by atoms with van der Waals surface area (Å²) in [5.41, 5.74) is 0.384. The van der Waals surface area contributed by atoms with Gasteiger partial charge in [0.05, 0.1) is 23.7 Å². The number of piperidine rings is 1. The molecule has 200 valence electrons. The summed E-state index contributed by atoms with van der Waals surface area (Å²) in [5, 5.41) is 9.93. The van der Waals surface area contributed by atoms with E-state index >= 15 is 0 Å². The third-order valence-electron chi connectivity index (χ3n) is 8.58. The van der Waals surface area contributed by atoms with Gasteiger partial charge in [0.1, 0.15) is 5.69 Å². The van der Waals surface area contributed by atoms with Gasteiger partial charge in [-0.3, -0.25) is 19.5 Å². The summed E-state index contributed by atoms with van der Waals surface area (Å²) in [5.74, 6) is -0.388. The number of halogens is 1. The lowest BCUT2D eigenvalue weighted by atomic mass is 9.87. The first-order chi connectivity index (χ1) is 17.5. The number of rotatable bonds is 6. The van der Waals surface area contributed by atoms with Crippen LogP contribution in [0.3, 0.4) is 0 Å². The second-order valence-electron chi connectivity index (χ2n) is 11.0. The van der Waals surface area contributed by atoms with Crippen molar-refractivity contribution in [2.75, 3.05) is 26.0 Å². The number of likely N-dealkylation sites (tertiary alicyclic amines) is 1. The summed E-state index contributed by atoms with van der Waals surface area (Å²) in [6.07, 6.45) is 4.52. The first-order valence-electron chi connectivity index (χ1n) is 12.6. The summed E-state index contributed by atoms with van der Waals surface area (Å²) in [7, 11) is -1.22. The fraction of sp³-hybridized carbons (Fsp3) is 0.600. The molecule has 1 aliphatic carbocycles. The summed E-state index contributed by atoms with van der Waals surface area (Å²) in [6, 6.07) is 2.96. The summed E-state index contributed by atoms with van der Waals surface area (Å²) in [6.45, 7) is 4.57. The number of aromatic nitrogens is 3. The lowest BCUT2D eigenvalue weighted by Gasteiger charge is -2.39. The summed E-state index contributed by atoms with van der Waals surface area (Å²) >= 11 is 0. The van der Waals surface area contributed by atoms with Crippen LogP contribution in [0.15, 0.2) is 18.3 Å². The number of ether oxygens (including phenoxy) is 1. The Morgan fingerprint density at radius 2 is 2.08 bits per heavy atom. The van der Waals surface area contributed by atoms with Gasteiger partial charge in [-0.2, -0.15) is 5.10 Å². The number of carbonyl (C=O) groups excluding carboxylic acids is 2. The van der Waals surface area contributed by atoms with Gasteiger partial charge >= 0.3 is 0 Å². The van der Waals surface area contributed by atoms with Gasteiger partial charge in [0.2, 0.25) is 11.8 Å². The van der Waals surface area contributed by atoms with Crippen molar-refractivity contribution >= 4 is 21.5 Å². The van der Waals surface area contributed by atoms with Gasteiger partial charge < -0.3 is 15.0 Å². The third-order valence-corrected chi connectivity index (χ3v) is 11.4. The van der Waals surface area contributed by atoms with Crippen LogP contribution in [0.5, 0.6) is 5.88 Å². The topological polar surface area (TPSA) is 141 Å². The molecular weight excluding hydrogens is 499 g/mol. The molecule has 0 aromatic carbocycles. The zero-order chi connectivity index (χ0) is 26.6. The maximum Gasteiger partial charge on any atom is 0.272 e. The molecule has 2 aromatic rings. The van der Waals surface area contributed by atoms with Crippen LogP contribution in [0.4, 0.5) is 4.39 Å². The van der Waals surface area contributed by atoms with E-state index in [2.05, 4.69) is 20.5 Å². The molecule has 3 fully saturated rings. The molecule has 3 N–H and O–H groups in total. The number of pyridine rings is 1. The number of nitrogens with one attached hydrogen (secondary N) is 3. The molecular formula is C25H33FN6O4S. The monoisotopic (exact) mass is 532 g/mol. The molecule has 5 rings (SSSR count). The first-order valence-corrected chi connectivity index (χ1v) is 14.3. The average molecular weight is 533 g/mol. The van der Waals surface area contributed by atoms with Crippen molar-refractivity contribution in [2.24, 2.45) is 11.8 Å². The maximum atomic E-state index is 14.3. The molecule has 12 heteroatoms. The minimum absolute atomic E-state index is 0.0118. The Morgan fingerprint density at radius 3 is 2.73 bits per heavy atom. The Hall–Kier alpha value is -3.02. The largest absolute Gasteiger partial charge is 0.481 e. The highest BCUT2D eigenvalue weighted by molar-refractivity contribution is 7.94. The molecule has 37 heavy (non-hydrogen) atoms. The molecule has 0 radical (unpaired) electrons. The third kappa shape index (κ3) is 4.49. The van der Waals surface area contributed by atoms with Crippen molar-refractivity contribution in [3.8, 4) is 17.1 Å². The highest BCUT2D eigenvalue weighted by atomic mass is 32.2. The number of amides is 2. The van der Waals surface area contributed by atoms with Crippen LogP contribution < -0.4 is 10.1 Å². The van der Waals surface area contributed by atoms with E-state index in [0.717, 1.165) is 19.0 Å². The van der Waals surface area contributed by atoms with Gasteiger partial charge in [0, 0.05) is 51.7 Å². The normalized spacial score (nSPS) is 27.7. The van der Waals surface area contributed by atoms with E-state index in [4.69, 9.17) is 9.52 Å². The van der Waals surface area contributed by atoms with Crippen LogP contribution in [-0.2, 0) is 14.5 Å². The Balaban J connectivity index is 1.23. The van der Waals surface area contributed by atoms with Crippen molar-refractivity contribution in [1.82, 2.24) is 25.4 Å². The van der Waals surface area contributed by atoms with Crippen LogP contribution in [0.25, 0.3) is 11.3 Å². The predicted octanol–water partition coefficient (Wildman–Crippen LogP) is 2.97. The van der Waals surface area contributed by atoms with Crippen LogP contribution >= 0.6 is 0 Å². The van der Waals surface area contributed by atoms with Crippen molar-refractivity contribution < 1.29 is 22.9 Å². The van der Waals surface area contributed by atoms with E-state index in [0.29, 0.717) is 38.1 Å². The Morgan fingerprint density at radius 1 is 1.32 bits per heavy atom. The van der Waals surface area contributed by atoms with Crippen molar-refractivity contribution in [3.05, 3.63) is 29.8 Å². The Bertz CT molecular complexity index is 1340. The van der Waals surface area contributed by atoms with E-state index < -0.39 is 20.3 Å². The van der Waals surface area contributed by atoms with Crippen LogP contribution in [0.1, 0.15) is 56.4 Å². The fourth-order valence-corrected chi connectivity index (χ4v) is 7.58. The molecule has 2 aromatic heterocycles. The van der Waals surface area contributed by atoms with Gasteiger partial charge in [-0.25, -0.2) is 13.6 Å². The molecule has 1 saturated carbocycles. The van der Waals surface area contributed by atoms with Gasteiger partial charge in [-0.05, 0) is 57.9 Å². The van der Waals surface area contributed by atoms with E-state index in [-0.39, 0.29) is 52.0 Å². The standard InChI is InChI=1S/C25H33FN6O4S/c1-24(2)16(5-9-37(24,27)35)13-29-22(33)15-4-8-32(25(12-15)6-7-25)23(34)20-11-19(30-31-20)17-10-21(36-3)28-14-18(17)26/h10-11,14-16,27H,4-9,12-13H2,1-3H3,(H,29,33)(H,30,31)/t15-,16-,37+/m0/s1. The summed E-state index contributed by atoms with van der Waals surface area (Å²) in [4.78, 5) is 32.1. The van der Waals surface area contributed by atoms with E-state index in [1.165, 1.54) is 19.2 Å². The second kappa shape index (κ2) is 9.07. The zero-order valence-electron chi connectivity index (χ0n) is 21.3. The van der Waals surface area contributed by atoms with Gasteiger partial charge in [-0.1, -0.05) is 0 Å². The van der Waals surface area contributed by atoms with E-state index in [9.17, 15) is 18.2 Å². The number of hydrogen-bond donors (Lipinski definition) is 3. The van der Waals surface area contributed by atoms with Crippen molar-refractivity contribution in [2.45, 2.75) is 56.2 Å². The van der Waals surface area contributed by atoms with Crippen molar-refractivity contribution in [3.63, 3.8) is 0 Å². The Labute approximate surface area is 215 Å². The highest BCUT2D eigenvalue weighted by Crippen LogP contribution is 2.50. The van der Waals surface area contributed by atoms with Crippen LogP contribution in [-0.4, -0.2) is 72.3 Å². The quantitative estimate of drug-likeness (QED) is 0.522. The minimum atomic E-state index is -2.65. The number of H-pyrrole nitrogens is 1. The molecule has 2 aliphatic heterocycles. The molecule has 1 spiro atoms. The SMILES string of the molecule is COc1cc(-c2cc(C(=O)N3CC[C@H](C(=O)NC[C@@H]4CC[S@@](=N)(=O)C4(C)C)CC34CC4)[nH]n2)c(F)cn1. The molecule has 0 bridgehead atoms. The van der Waals surface area contributed by atoms with Gasteiger partial charge in [0.25, 0.3) is 5.91 Å². The first kappa shape index (κ1) is 25.6. The number of aromatic amines is 1. The molecule has 2 saturated heterocycles. The second-order valence-corrected chi connectivity index (χ2v) is 13.8. The van der Waals surface area contributed by atoms with Crippen LogP contribution in [0, 0.1) is 22.4 Å². The summed E-state index contributed by atoms with van der Waals surface area (Å²) < 4.78 is 39.4. The average Bonchev–Trinajstić information content (AvgIpc) is 3.37. The number of carbonyl (C=O) groups is 2.